The van der Waals surface area contributed by atoms with E-state index < -0.39 is 0 Å². The Kier molecular flexibility index (Phi) is 4.39. The van der Waals surface area contributed by atoms with Gasteiger partial charge < -0.3 is 9.80 Å². The summed E-state index contributed by atoms with van der Waals surface area (Å²) >= 11 is 0. The maximum absolute atomic E-state index is 11.5. The van der Waals surface area contributed by atoms with Crippen molar-refractivity contribution in [1.29, 1.82) is 0 Å². The molecular formula is C18H23N3O. The summed E-state index contributed by atoms with van der Waals surface area (Å²) in [5.74, 6) is 0.836. The van der Waals surface area contributed by atoms with Crippen molar-refractivity contribution in [1.82, 2.24) is 9.88 Å². The Hall–Kier alpha value is -1.94. The summed E-state index contributed by atoms with van der Waals surface area (Å²) in [6.45, 7) is 9.33. The predicted octanol–water partition coefficient (Wildman–Crippen LogP) is 2.75. The van der Waals surface area contributed by atoms with E-state index in [4.69, 9.17) is 4.98 Å². The molecule has 1 aromatic heterocycles. The van der Waals surface area contributed by atoms with E-state index in [-0.39, 0.29) is 0 Å². The van der Waals surface area contributed by atoms with Crippen molar-refractivity contribution in [2.75, 3.05) is 37.6 Å². The number of pyridine rings is 1. The molecule has 1 saturated heterocycles. The predicted molar refractivity (Wildman–Crippen MR) is 90.8 cm³/mol. The lowest BCUT2D eigenvalue weighted by Crippen LogP contribution is -2.46. The van der Waals surface area contributed by atoms with Crippen LogP contribution >= 0.6 is 0 Å². The second kappa shape index (κ2) is 6.44. The Morgan fingerprint density at radius 2 is 1.91 bits per heavy atom. The van der Waals surface area contributed by atoms with Crippen LogP contribution in [-0.4, -0.2) is 48.9 Å². The van der Waals surface area contributed by atoms with Crippen molar-refractivity contribution >= 4 is 23.0 Å². The van der Waals surface area contributed by atoms with Crippen molar-refractivity contribution in [2.24, 2.45) is 0 Å². The molecule has 2 aromatic rings. The number of nitrogens with zero attached hydrogens (tertiary/aromatic N) is 3. The monoisotopic (exact) mass is 297 g/mol. The zero-order valence-corrected chi connectivity index (χ0v) is 13.4. The van der Waals surface area contributed by atoms with E-state index in [9.17, 15) is 4.79 Å². The minimum Gasteiger partial charge on any atom is -0.353 e. The van der Waals surface area contributed by atoms with Crippen LogP contribution in [0.1, 0.15) is 29.8 Å². The summed E-state index contributed by atoms with van der Waals surface area (Å²) in [6.07, 6.45) is 1.93. The molecule has 0 atom stereocenters. The van der Waals surface area contributed by atoms with Crippen LogP contribution in [0.2, 0.25) is 0 Å². The SMILES string of the molecule is CCc1ccc2nc(N3CCN(CC)CC3)c(C=O)cc2c1. The first-order valence-electron chi connectivity index (χ1n) is 8.11. The van der Waals surface area contributed by atoms with Crippen molar-refractivity contribution in [3.05, 3.63) is 35.4 Å². The Morgan fingerprint density at radius 1 is 1.14 bits per heavy atom. The minimum atomic E-state index is 0.700. The highest BCUT2D eigenvalue weighted by molar-refractivity contribution is 5.92. The van der Waals surface area contributed by atoms with Gasteiger partial charge in [0, 0.05) is 31.6 Å². The number of anilines is 1. The van der Waals surface area contributed by atoms with Gasteiger partial charge in [-0.05, 0) is 36.7 Å². The second-order valence-corrected chi connectivity index (χ2v) is 5.82. The maximum atomic E-state index is 11.5. The molecule has 0 N–H and O–H groups in total. The van der Waals surface area contributed by atoms with Crippen molar-refractivity contribution in [3.63, 3.8) is 0 Å². The Labute approximate surface area is 131 Å². The lowest BCUT2D eigenvalue weighted by atomic mass is 10.1. The normalized spacial score (nSPS) is 16.2. The van der Waals surface area contributed by atoms with Crippen molar-refractivity contribution in [3.8, 4) is 0 Å². The van der Waals surface area contributed by atoms with Crippen molar-refractivity contribution in [2.45, 2.75) is 20.3 Å². The number of aryl methyl sites for hydroxylation is 1. The van der Waals surface area contributed by atoms with E-state index >= 15 is 0 Å². The van der Waals surface area contributed by atoms with E-state index in [2.05, 4.69) is 41.8 Å². The topological polar surface area (TPSA) is 36.4 Å². The van der Waals surface area contributed by atoms with Crippen LogP contribution in [0.3, 0.4) is 0 Å². The molecule has 3 rings (SSSR count). The lowest BCUT2D eigenvalue weighted by molar-refractivity contribution is 0.112. The average Bonchev–Trinajstić information content (AvgIpc) is 2.60. The second-order valence-electron chi connectivity index (χ2n) is 5.82. The summed E-state index contributed by atoms with van der Waals surface area (Å²) in [4.78, 5) is 20.9. The van der Waals surface area contributed by atoms with Gasteiger partial charge in [0.2, 0.25) is 0 Å². The Morgan fingerprint density at radius 3 is 2.55 bits per heavy atom. The fourth-order valence-corrected chi connectivity index (χ4v) is 3.07. The van der Waals surface area contributed by atoms with E-state index in [1.54, 1.807) is 0 Å². The van der Waals surface area contributed by atoms with Gasteiger partial charge in [0.1, 0.15) is 5.82 Å². The van der Waals surface area contributed by atoms with Gasteiger partial charge in [0.05, 0.1) is 11.1 Å². The van der Waals surface area contributed by atoms with Gasteiger partial charge >= 0.3 is 0 Å². The lowest BCUT2D eigenvalue weighted by Gasteiger charge is -2.35. The largest absolute Gasteiger partial charge is 0.353 e. The molecule has 22 heavy (non-hydrogen) atoms. The van der Waals surface area contributed by atoms with E-state index in [1.165, 1.54) is 5.56 Å². The number of aldehydes is 1. The van der Waals surface area contributed by atoms with Crippen LogP contribution in [0.5, 0.6) is 0 Å². The van der Waals surface area contributed by atoms with Crippen LogP contribution in [0, 0.1) is 0 Å². The molecule has 0 aliphatic carbocycles. The highest BCUT2D eigenvalue weighted by atomic mass is 16.1. The standard InChI is InChI=1S/C18H23N3O/c1-3-14-5-6-17-15(11-14)12-16(13-22)18(19-17)21-9-7-20(4-2)8-10-21/h5-6,11-13H,3-4,7-10H2,1-2H3. The first-order chi connectivity index (χ1) is 10.7. The number of hydrogen-bond donors (Lipinski definition) is 0. The molecule has 4 heteroatoms. The first-order valence-corrected chi connectivity index (χ1v) is 8.11. The molecule has 116 valence electrons. The minimum absolute atomic E-state index is 0.700. The number of benzene rings is 1. The van der Waals surface area contributed by atoms with Gasteiger partial charge in [-0.3, -0.25) is 4.79 Å². The molecule has 0 saturated carbocycles. The van der Waals surface area contributed by atoms with Crippen molar-refractivity contribution < 1.29 is 4.79 Å². The smallest absolute Gasteiger partial charge is 0.153 e. The quantitative estimate of drug-likeness (QED) is 0.813. The van der Waals surface area contributed by atoms with Gasteiger partial charge in [-0.15, -0.1) is 0 Å². The molecule has 4 nitrogen and oxygen atoms in total. The number of aromatic nitrogens is 1. The summed E-state index contributed by atoms with van der Waals surface area (Å²) in [5.41, 5.74) is 2.94. The molecule has 1 aromatic carbocycles. The molecule has 1 fully saturated rings. The molecule has 0 bridgehead atoms. The first kappa shape index (κ1) is 15.0. The fourth-order valence-electron chi connectivity index (χ4n) is 3.07. The Bertz CT molecular complexity index is 675. The molecule has 1 aliphatic rings. The number of fused-ring (bicyclic) bond motifs is 1. The van der Waals surface area contributed by atoms with E-state index in [0.717, 1.165) is 62.2 Å². The van der Waals surface area contributed by atoms with Gasteiger partial charge in [-0.25, -0.2) is 4.98 Å². The highest BCUT2D eigenvalue weighted by Gasteiger charge is 2.19. The summed E-state index contributed by atoms with van der Waals surface area (Å²) in [7, 11) is 0. The molecule has 0 spiro atoms. The molecular weight excluding hydrogens is 274 g/mol. The molecule has 1 aliphatic heterocycles. The number of carbonyl (C=O) groups is 1. The fraction of sp³-hybridized carbons (Fsp3) is 0.444. The zero-order chi connectivity index (χ0) is 15.5. The highest BCUT2D eigenvalue weighted by Crippen LogP contribution is 2.24. The van der Waals surface area contributed by atoms with Gasteiger partial charge in [0.25, 0.3) is 0 Å². The third-order valence-corrected chi connectivity index (χ3v) is 4.54. The molecule has 0 radical (unpaired) electrons. The molecule has 2 heterocycles. The summed E-state index contributed by atoms with van der Waals surface area (Å²) in [6, 6.07) is 8.30. The van der Waals surface area contributed by atoms with Gasteiger partial charge in [-0.1, -0.05) is 19.9 Å². The van der Waals surface area contributed by atoms with Crippen LogP contribution in [0.15, 0.2) is 24.3 Å². The third-order valence-electron chi connectivity index (χ3n) is 4.54. The van der Waals surface area contributed by atoms with Gasteiger partial charge in [0.15, 0.2) is 6.29 Å². The number of rotatable bonds is 4. The third kappa shape index (κ3) is 2.83. The van der Waals surface area contributed by atoms with Gasteiger partial charge in [-0.2, -0.15) is 0 Å². The van der Waals surface area contributed by atoms with E-state index in [0.29, 0.717) is 5.56 Å². The van der Waals surface area contributed by atoms with Crippen LogP contribution in [0.25, 0.3) is 10.9 Å². The summed E-state index contributed by atoms with van der Waals surface area (Å²) < 4.78 is 0. The van der Waals surface area contributed by atoms with E-state index in [1.807, 2.05) is 6.07 Å². The average molecular weight is 297 g/mol. The number of likely N-dealkylation sites (N-methyl/N-ethyl adjacent to an activating group) is 1. The summed E-state index contributed by atoms with van der Waals surface area (Å²) in [5, 5.41) is 1.05. The molecule has 0 amide bonds. The van der Waals surface area contributed by atoms with Crippen LogP contribution in [0.4, 0.5) is 5.82 Å². The Balaban J connectivity index is 1.96. The number of piperazine rings is 1. The molecule has 0 unspecified atom stereocenters. The maximum Gasteiger partial charge on any atom is 0.153 e. The zero-order valence-electron chi connectivity index (χ0n) is 13.4. The number of carbonyl (C=O) groups excluding carboxylic acids is 1. The van der Waals surface area contributed by atoms with Crippen LogP contribution in [-0.2, 0) is 6.42 Å². The van der Waals surface area contributed by atoms with Crippen LogP contribution < -0.4 is 4.90 Å². The number of hydrogen-bond acceptors (Lipinski definition) is 4.